The summed E-state index contributed by atoms with van der Waals surface area (Å²) in [5.41, 5.74) is 1.58. The van der Waals surface area contributed by atoms with Crippen molar-refractivity contribution in [3.8, 4) is 11.5 Å². The number of carbonyl (C=O) groups excluding carboxylic acids is 1. The lowest BCUT2D eigenvalue weighted by Crippen LogP contribution is -2.15. The first-order valence-electron chi connectivity index (χ1n) is 4.93. The number of aliphatic carboxylic acids is 1. The van der Waals surface area contributed by atoms with Gasteiger partial charge in [-0.25, -0.2) is 4.79 Å². The lowest BCUT2D eigenvalue weighted by atomic mass is 10.0. The Morgan fingerprint density at radius 1 is 1.12 bits per heavy atom. The van der Waals surface area contributed by atoms with E-state index in [1.807, 2.05) is 6.92 Å². The highest BCUT2D eigenvalue weighted by atomic mass is 16.5. The van der Waals surface area contributed by atoms with Crippen LogP contribution in [0.1, 0.15) is 21.5 Å². The summed E-state index contributed by atoms with van der Waals surface area (Å²) < 4.78 is 10.2. The van der Waals surface area contributed by atoms with Crippen molar-refractivity contribution < 1.29 is 24.2 Å². The van der Waals surface area contributed by atoms with Gasteiger partial charge in [-0.2, -0.15) is 0 Å². The number of rotatable bonds is 4. The standard InChI is InChI=1S/C12H14O5/c1-6-5-8(9(13)12(14)15)11(17-4)10(16-3)7(6)2/h5H,1-4H3,(H,14,15). The number of carbonyl (C=O) groups is 2. The lowest BCUT2D eigenvalue weighted by molar-refractivity contribution is -0.131. The normalized spacial score (nSPS) is 9.88. The van der Waals surface area contributed by atoms with E-state index >= 15 is 0 Å². The van der Waals surface area contributed by atoms with Gasteiger partial charge in [0.2, 0.25) is 0 Å². The van der Waals surface area contributed by atoms with Gasteiger partial charge in [0.25, 0.3) is 5.78 Å². The molecule has 1 rings (SSSR count). The van der Waals surface area contributed by atoms with E-state index in [1.165, 1.54) is 20.3 Å². The van der Waals surface area contributed by atoms with Crippen LogP contribution in [0.3, 0.4) is 0 Å². The summed E-state index contributed by atoms with van der Waals surface area (Å²) in [5, 5.41) is 8.73. The highest BCUT2D eigenvalue weighted by Gasteiger charge is 2.24. The Bertz CT molecular complexity index is 476. The SMILES string of the molecule is COc1c(C(=O)C(=O)O)cc(C)c(C)c1OC. The molecule has 0 amide bonds. The molecule has 0 unspecified atom stereocenters. The topological polar surface area (TPSA) is 72.8 Å². The monoisotopic (exact) mass is 238 g/mol. The lowest BCUT2D eigenvalue weighted by Gasteiger charge is -2.15. The summed E-state index contributed by atoms with van der Waals surface area (Å²) in [4.78, 5) is 22.2. The first-order valence-corrected chi connectivity index (χ1v) is 4.93. The molecule has 0 atom stereocenters. The molecule has 0 spiro atoms. The van der Waals surface area contributed by atoms with Gasteiger partial charge < -0.3 is 14.6 Å². The molecular formula is C12H14O5. The molecule has 0 saturated carbocycles. The Labute approximate surface area is 99.0 Å². The van der Waals surface area contributed by atoms with Crippen molar-refractivity contribution in [3.05, 3.63) is 22.8 Å². The number of hydrogen-bond acceptors (Lipinski definition) is 4. The second-order valence-corrected chi connectivity index (χ2v) is 3.57. The molecule has 17 heavy (non-hydrogen) atoms. The molecule has 1 aromatic carbocycles. The van der Waals surface area contributed by atoms with Gasteiger partial charge in [-0.1, -0.05) is 0 Å². The highest BCUT2D eigenvalue weighted by molar-refractivity contribution is 6.40. The molecule has 1 aromatic rings. The molecule has 92 valence electrons. The summed E-state index contributed by atoms with van der Waals surface area (Å²) in [5.74, 6) is -1.99. The van der Waals surface area contributed by atoms with Crippen molar-refractivity contribution >= 4 is 11.8 Å². The Balaban J connectivity index is 3.55. The Hall–Kier alpha value is -2.04. The average molecular weight is 238 g/mol. The van der Waals surface area contributed by atoms with Crippen molar-refractivity contribution in [1.82, 2.24) is 0 Å². The van der Waals surface area contributed by atoms with Crippen molar-refractivity contribution in [3.63, 3.8) is 0 Å². The zero-order valence-corrected chi connectivity index (χ0v) is 10.2. The van der Waals surface area contributed by atoms with Gasteiger partial charge in [0, 0.05) is 0 Å². The second-order valence-electron chi connectivity index (χ2n) is 3.57. The van der Waals surface area contributed by atoms with Gasteiger partial charge in [0.1, 0.15) is 0 Å². The number of ether oxygens (including phenoxy) is 2. The van der Waals surface area contributed by atoms with Crippen molar-refractivity contribution in [2.45, 2.75) is 13.8 Å². The molecule has 0 heterocycles. The number of methoxy groups -OCH3 is 2. The third-order valence-corrected chi connectivity index (χ3v) is 2.59. The van der Waals surface area contributed by atoms with E-state index in [0.29, 0.717) is 5.75 Å². The number of benzene rings is 1. The molecule has 0 aliphatic carbocycles. The fourth-order valence-corrected chi connectivity index (χ4v) is 1.59. The Morgan fingerprint density at radius 2 is 1.65 bits per heavy atom. The Morgan fingerprint density at radius 3 is 2.06 bits per heavy atom. The molecule has 0 saturated heterocycles. The molecule has 0 aliphatic heterocycles. The summed E-state index contributed by atoms with van der Waals surface area (Å²) in [6.45, 7) is 3.58. The largest absolute Gasteiger partial charge is 0.493 e. The van der Waals surface area contributed by atoms with Crippen LogP contribution in [0.5, 0.6) is 11.5 Å². The Kier molecular flexibility index (Phi) is 3.73. The molecule has 5 heteroatoms. The third kappa shape index (κ3) is 2.22. The van der Waals surface area contributed by atoms with Gasteiger partial charge in [-0.3, -0.25) is 4.79 Å². The fourth-order valence-electron chi connectivity index (χ4n) is 1.59. The van der Waals surface area contributed by atoms with E-state index < -0.39 is 11.8 Å². The molecule has 0 fully saturated rings. The maximum Gasteiger partial charge on any atom is 0.377 e. The maximum absolute atomic E-state index is 11.5. The first kappa shape index (κ1) is 13.0. The summed E-state index contributed by atoms with van der Waals surface area (Å²) in [7, 11) is 2.81. The predicted molar refractivity (Wildman–Crippen MR) is 61.0 cm³/mol. The molecular weight excluding hydrogens is 224 g/mol. The predicted octanol–water partition coefficient (Wildman–Crippen LogP) is 1.59. The van der Waals surface area contributed by atoms with Crippen LogP contribution in [0.4, 0.5) is 0 Å². The summed E-state index contributed by atoms with van der Waals surface area (Å²) >= 11 is 0. The van der Waals surface area contributed by atoms with E-state index in [0.717, 1.165) is 11.1 Å². The smallest absolute Gasteiger partial charge is 0.377 e. The van der Waals surface area contributed by atoms with Crippen LogP contribution in [0.15, 0.2) is 6.07 Å². The van der Waals surface area contributed by atoms with E-state index in [9.17, 15) is 9.59 Å². The molecule has 0 aliphatic rings. The molecule has 0 bridgehead atoms. The quantitative estimate of drug-likeness (QED) is 0.637. The van der Waals surface area contributed by atoms with E-state index in [2.05, 4.69) is 0 Å². The van der Waals surface area contributed by atoms with Crippen molar-refractivity contribution in [2.24, 2.45) is 0 Å². The van der Waals surface area contributed by atoms with Crippen LogP contribution in [-0.2, 0) is 4.79 Å². The van der Waals surface area contributed by atoms with Crippen LogP contribution in [-0.4, -0.2) is 31.1 Å². The van der Waals surface area contributed by atoms with Crippen LogP contribution in [0.2, 0.25) is 0 Å². The van der Waals surface area contributed by atoms with Gasteiger partial charge in [-0.05, 0) is 31.0 Å². The van der Waals surface area contributed by atoms with Crippen LogP contribution < -0.4 is 9.47 Å². The van der Waals surface area contributed by atoms with Crippen LogP contribution in [0, 0.1) is 13.8 Å². The second kappa shape index (κ2) is 4.86. The van der Waals surface area contributed by atoms with Gasteiger partial charge in [0.05, 0.1) is 19.8 Å². The van der Waals surface area contributed by atoms with Gasteiger partial charge >= 0.3 is 5.97 Å². The number of carboxylic acids is 1. The summed E-state index contributed by atoms with van der Waals surface area (Å²) in [6.07, 6.45) is 0. The zero-order valence-electron chi connectivity index (χ0n) is 10.2. The van der Waals surface area contributed by atoms with E-state index in [1.54, 1.807) is 6.92 Å². The zero-order chi connectivity index (χ0) is 13.2. The minimum atomic E-state index is -1.52. The minimum absolute atomic E-state index is 0.0000463. The molecule has 5 nitrogen and oxygen atoms in total. The molecule has 0 radical (unpaired) electrons. The maximum atomic E-state index is 11.5. The van der Waals surface area contributed by atoms with Gasteiger partial charge in [0.15, 0.2) is 11.5 Å². The number of aryl methyl sites for hydroxylation is 1. The molecule has 0 aromatic heterocycles. The number of hydrogen-bond donors (Lipinski definition) is 1. The van der Waals surface area contributed by atoms with Crippen LogP contribution in [0.25, 0.3) is 0 Å². The minimum Gasteiger partial charge on any atom is -0.493 e. The number of carboxylic acid groups (broad SMARTS) is 1. The number of ketones is 1. The third-order valence-electron chi connectivity index (χ3n) is 2.59. The van der Waals surface area contributed by atoms with Gasteiger partial charge in [-0.15, -0.1) is 0 Å². The van der Waals surface area contributed by atoms with E-state index in [-0.39, 0.29) is 11.3 Å². The average Bonchev–Trinajstić information content (AvgIpc) is 2.30. The highest BCUT2D eigenvalue weighted by Crippen LogP contribution is 2.36. The van der Waals surface area contributed by atoms with E-state index in [4.69, 9.17) is 14.6 Å². The molecule has 1 N–H and O–H groups in total. The fraction of sp³-hybridized carbons (Fsp3) is 0.333. The number of Topliss-reactive ketones (excluding diaryl/α,β-unsaturated/α-hetero) is 1. The van der Waals surface area contributed by atoms with Crippen molar-refractivity contribution in [2.75, 3.05) is 14.2 Å². The first-order chi connectivity index (χ1) is 7.93. The van der Waals surface area contributed by atoms with Crippen molar-refractivity contribution in [1.29, 1.82) is 0 Å². The summed E-state index contributed by atoms with van der Waals surface area (Å²) in [6, 6.07) is 1.49. The van der Waals surface area contributed by atoms with Crippen LogP contribution >= 0.6 is 0 Å².